The van der Waals surface area contributed by atoms with Crippen LogP contribution in [-0.4, -0.2) is 42.4 Å². The molecule has 0 aliphatic carbocycles. The lowest BCUT2D eigenvalue weighted by molar-refractivity contribution is -0.140. The molecule has 1 fully saturated rings. The van der Waals surface area contributed by atoms with E-state index in [1.807, 2.05) is 0 Å². The Hall–Kier alpha value is -1.36. The minimum absolute atomic E-state index is 0.0645. The summed E-state index contributed by atoms with van der Waals surface area (Å²) in [7, 11) is 0. The fraction of sp³-hybridized carbons (Fsp3) is 0.636. The predicted octanol–water partition coefficient (Wildman–Crippen LogP) is -0.372. The van der Waals surface area contributed by atoms with Crippen molar-refractivity contribution in [1.29, 1.82) is 0 Å². The third-order valence-corrected chi connectivity index (χ3v) is 2.72. The molecule has 0 saturated carbocycles. The zero-order valence-electron chi connectivity index (χ0n) is 9.45. The summed E-state index contributed by atoms with van der Waals surface area (Å²) in [5, 5.41) is 2.93. The van der Waals surface area contributed by atoms with Crippen molar-refractivity contribution < 1.29 is 9.59 Å². The van der Waals surface area contributed by atoms with Gasteiger partial charge in [0.1, 0.15) is 6.04 Å². The fourth-order valence-corrected chi connectivity index (χ4v) is 1.91. The van der Waals surface area contributed by atoms with E-state index >= 15 is 0 Å². The van der Waals surface area contributed by atoms with E-state index in [9.17, 15) is 9.59 Å². The van der Waals surface area contributed by atoms with E-state index < -0.39 is 11.9 Å². The zero-order chi connectivity index (χ0) is 12.0. The Kier molecular flexibility index (Phi) is 4.98. The third kappa shape index (κ3) is 3.34. The average molecular weight is 225 g/mol. The van der Waals surface area contributed by atoms with E-state index in [0.717, 1.165) is 12.8 Å². The molecule has 1 aliphatic heterocycles. The minimum atomic E-state index is -0.424. The highest BCUT2D eigenvalue weighted by Crippen LogP contribution is 2.16. The molecule has 16 heavy (non-hydrogen) atoms. The Morgan fingerprint density at radius 1 is 1.50 bits per heavy atom. The average Bonchev–Trinajstić information content (AvgIpc) is 2.29. The highest BCUT2D eigenvalue weighted by molar-refractivity contribution is 5.87. The number of primary amides is 1. The Labute approximate surface area is 95.7 Å². The van der Waals surface area contributed by atoms with Gasteiger partial charge in [-0.3, -0.25) is 9.59 Å². The molecular formula is C11H19N3O2. The molecule has 5 heteroatoms. The Bertz CT molecular complexity index is 278. The maximum atomic E-state index is 11.8. The van der Waals surface area contributed by atoms with Crippen molar-refractivity contribution in [2.24, 2.45) is 5.73 Å². The fourth-order valence-electron chi connectivity index (χ4n) is 1.91. The summed E-state index contributed by atoms with van der Waals surface area (Å²) < 4.78 is 0. The first-order valence-corrected chi connectivity index (χ1v) is 5.57. The number of piperidine rings is 1. The maximum Gasteiger partial charge on any atom is 0.240 e. The van der Waals surface area contributed by atoms with Crippen LogP contribution in [0.4, 0.5) is 0 Å². The van der Waals surface area contributed by atoms with Crippen molar-refractivity contribution in [2.75, 3.05) is 19.6 Å². The maximum absolute atomic E-state index is 11.8. The van der Waals surface area contributed by atoms with Gasteiger partial charge in [-0.1, -0.05) is 6.08 Å². The number of hydrogen-bond donors (Lipinski definition) is 2. The first-order valence-electron chi connectivity index (χ1n) is 5.57. The molecule has 1 saturated heterocycles. The largest absolute Gasteiger partial charge is 0.368 e. The molecular weight excluding hydrogens is 206 g/mol. The van der Waals surface area contributed by atoms with E-state index in [2.05, 4.69) is 11.9 Å². The first-order chi connectivity index (χ1) is 7.66. The predicted molar refractivity (Wildman–Crippen MR) is 61.6 cm³/mol. The second kappa shape index (κ2) is 6.27. The standard InChI is InChI=1S/C11H19N3O2/c1-2-6-13-8-10(15)14-7-4-3-5-9(14)11(12)16/h2,9,13H,1,3-8H2,(H2,12,16). The van der Waals surface area contributed by atoms with Gasteiger partial charge in [0.15, 0.2) is 0 Å². The molecule has 1 unspecified atom stereocenters. The summed E-state index contributed by atoms with van der Waals surface area (Å²) >= 11 is 0. The lowest BCUT2D eigenvalue weighted by Gasteiger charge is -2.33. The molecule has 0 radical (unpaired) electrons. The second-order valence-electron chi connectivity index (χ2n) is 3.92. The molecule has 5 nitrogen and oxygen atoms in total. The lowest BCUT2D eigenvalue weighted by atomic mass is 10.0. The number of carbonyl (C=O) groups is 2. The van der Waals surface area contributed by atoms with Crippen LogP contribution in [0.2, 0.25) is 0 Å². The third-order valence-electron chi connectivity index (χ3n) is 2.72. The number of hydrogen-bond acceptors (Lipinski definition) is 3. The van der Waals surface area contributed by atoms with Gasteiger partial charge in [-0.05, 0) is 19.3 Å². The van der Waals surface area contributed by atoms with Crippen LogP contribution in [-0.2, 0) is 9.59 Å². The van der Waals surface area contributed by atoms with Gasteiger partial charge >= 0.3 is 0 Å². The van der Waals surface area contributed by atoms with Crippen molar-refractivity contribution in [3.63, 3.8) is 0 Å². The molecule has 1 atom stereocenters. The molecule has 0 aromatic heterocycles. The molecule has 90 valence electrons. The number of nitrogens with one attached hydrogen (secondary N) is 1. The van der Waals surface area contributed by atoms with E-state index in [0.29, 0.717) is 19.5 Å². The monoisotopic (exact) mass is 225 g/mol. The van der Waals surface area contributed by atoms with Crippen LogP contribution in [0.1, 0.15) is 19.3 Å². The van der Waals surface area contributed by atoms with Gasteiger partial charge < -0.3 is 16.0 Å². The molecule has 1 aliphatic rings. The number of rotatable bonds is 5. The molecule has 0 bridgehead atoms. The van der Waals surface area contributed by atoms with E-state index in [1.165, 1.54) is 0 Å². The summed E-state index contributed by atoms with van der Waals surface area (Å²) in [6.07, 6.45) is 4.27. The second-order valence-corrected chi connectivity index (χ2v) is 3.92. The summed E-state index contributed by atoms with van der Waals surface area (Å²) in [5.74, 6) is -0.470. The van der Waals surface area contributed by atoms with Crippen molar-refractivity contribution in [2.45, 2.75) is 25.3 Å². The molecule has 1 heterocycles. The molecule has 0 aromatic carbocycles. The SMILES string of the molecule is C=CCNCC(=O)N1CCCCC1C(N)=O. The number of carbonyl (C=O) groups excluding carboxylic acids is 2. The Morgan fingerprint density at radius 3 is 2.88 bits per heavy atom. The van der Waals surface area contributed by atoms with Crippen LogP contribution >= 0.6 is 0 Å². The van der Waals surface area contributed by atoms with Crippen LogP contribution in [0.15, 0.2) is 12.7 Å². The van der Waals surface area contributed by atoms with E-state index in [-0.39, 0.29) is 12.5 Å². The summed E-state index contributed by atoms with van der Waals surface area (Å²) in [6.45, 7) is 4.99. The van der Waals surface area contributed by atoms with Crippen LogP contribution in [0.3, 0.4) is 0 Å². The molecule has 3 N–H and O–H groups in total. The summed E-state index contributed by atoms with van der Waals surface area (Å²) in [4.78, 5) is 24.6. The van der Waals surface area contributed by atoms with Gasteiger partial charge in [-0.25, -0.2) is 0 Å². The van der Waals surface area contributed by atoms with Gasteiger partial charge in [-0.15, -0.1) is 6.58 Å². The Morgan fingerprint density at radius 2 is 2.25 bits per heavy atom. The van der Waals surface area contributed by atoms with Crippen molar-refractivity contribution >= 4 is 11.8 Å². The smallest absolute Gasteiger partial charge is 0.240 e. The van der Waals surface area contributed by atoms with Crippen LogP contribution < -0.4 is 11.1 Å². The highest BCUT2D eigenvalue weighted by Gasteiger charge is 2.29. The first kappa shape index (κ1) is 12.7. The minimum Gasteiger partial charge on any atom is -0.368 e. The van der Waals surface area contributed by atoms with Crippen LogP contribution in [0.5, 0.6) is 0 Å². The summed E-state index contributed by atoms with van der Waals surface area (Å²) in [5.41, 5.74) is 5.28. The number of nitrogens with zero attached hydrogens (tertiary/aromatic N) is 1. The normalized spacial score (nSPS) is 20.5. The van der Waals surface area contributed by atoms with E-state index in [1.54, 1.807) is 11.0 Å². The zero-order valence-corrected chi connectivity index (χ0v) is 9.45. The lowest BCUT2D eigenvalue weighted by Crippen LogP contribution is -2.52. The number of likely N-dealkylation sites (tertiary alicyclic amines) is 1. The molecule has 0 spiro atoms. The quantitative estimate of drug-likeness (QED) is 0.495. The van der Waals surface area contributed by atoms with Crippen LogP contribution in [0, 0.1) is 0 Å². The summed E-state index contributed by atoms with van der Waals surface area (Å²) in [6, 6.07) is -0.424. The molecule has 2 amide bonds. The van der Waals surface area contributed by atoms with Crippen LogP contribution in [0.25, 0.3) is 0 Å². The number of nitrogens with two attached hydrogens (primary N) is 1. The van der Waals surface area contributed by atoms with Crippen molar-refractivity contribution in [3.8, 4) is 0 Å². The Balaban J connectivity index is 2.50. The van der Waals surface area contributed by atoms with Gasteiger partial charge in [0.2, 0.25) is 11.8 Å². The van der Waals surface area contributed by atoms with Gasteiger partial charge in [-0.2, -0.15) is 0 Å². The van der Waals surface area contributed by atoms with E-state index in [4.69, 9.17) is 5.73 Å². The van der Waals surface area contributed by atoms with Gasteiger partial charge in [0, 0.05) is 13.1 Å². The molecule has 0 aromatic rings. The van der Waals surface area contributed by atoms with Crippen molar-refractivity contribution in [1.82, 2.24) is 10.2 Å². The van der Waals surface area contributed by atoms with Gasteiger partial charge in [0.05, 0.1) is 6.54 Å². The topological polar surface area (TPSA) is 75.4 Å². The highest BCUT2D eigenvalue weighted by atomic mass is 16.2. The van der Waals surface area contributed by atoms with Crippen molar-refractivity contribution in [3.05, 3.63) is 12.7 Å². The molecule has 1 rings (SSSR count). The number of amides is 2. The van der Waals surface area contributed by atoms with Gasteiger partial charge in [0.25, 0.3) is 0 Å².